The molecule has 0 amide bonds. The van der Waals surface area contributed by atoms with Gasteiger partial charge in [0.1, 0.15) is 5.75 Å². The average Bonchev–Trinajstić information content (AvgIpc) is 2.82. The molecule has 5 heteroatoms. The fourth-order valence-corrected chi connectivity index (χ4v) is 5.72. The maximum Gasteiger partial charge on any atom is 0.400 e. The van der Waals surface area contributed by atoms with Crippen LogP contribution in [0.3, 0.4) is 0 Å². The van der Waals surface area contributed by atoms with Crippen LogP contribution in [0.15, 0.2) is 55.1 Å². The summed E-state index contributed by atoms with van der Waals surface area (Å²) in [5.41, 5.74) is 2.68. The molecule has 0 N–H and O–H groups in total. The molecule has 2 saturated carbocycles. The van der Waals surface area contributed by atoms with E-state index in [0.29, 0.717) is 36.7 Å². The van der Waals surface area contributed by atoms with Gasteiger partial charge in [-0.05, 0) is 98.8 Å². The average molecular weight is 461 g/mol. The van der Waals surface area contributed by atoms with Gasteiger partial charge >= 0.3 is 6.11 Å². The van der Waals surface area contributed by atoms with Crippen LogP contribution in [-0.4, -0.2) is 6.11 Å². The van der Waals surface area contributed by atoms with Gasteiger partial charge in [0.05, 0.1) is 5.92 Å². The van der Waals surface area contributed by atoms with Gasteiger partial charge in [0.2, 0.25) is 0 Å². The third-order valence-electron chi connectivity index (χ3n) is 7.66. The molecule has 0 bridgehead atoms. The maximum atomic E-state index is 14.7. The predicted molar refractivity (Wildman–Crippen MR) is 122 cm³/mol. The topological polar surface area (TPSA) is 9.23 Å². The number of rotatable bonds is 7. The van der Waals surface area contributed by atoms with Crippen LogP contribution < -0.4 is 4.74 Å². The van der Waals surface area contributed by atoms with Crippen molar-refractivity contribution in [1.29, 1.82) is 0 Å². The number of halogens is 4. The van der Waals surface area contributed by atoms with Gasteiger partial charge < -0.3 is 4.74 Å². The Labute approximate surface area is 193 Å². The Morgan fingerprint density at radius 2 is 1.42 bits per heavy atom. The lowest BCUT2D eigenvalue weighted by Crippen LogP contribution is -2.38. The molecule has 2 aromatic carbocycles. The van der Waals surface area contributed by atoms with E-state index in [1.54, 1.807) is 0 Å². The van der Waals surface area contributed by atoms with Gasteiger partial charge in [-0.2, -0.15) is 8.78 Å². The molecule has 1 nitrogen and oxygen atoms in total. The van der Waals surface area contributed by atoms with Crippen LogP contribution in [0.5, 0.6) is 5.75 Å². The minimum absolute atomic E-state index is 0.336. The maximum absolute atomic E-state index is 14.7. The minimum Gasteiger partial charge on any atom is -0.432 e. The Morgan fingerprint density at radius 3 is 2.00 bits per heavy atom. The van der Waals surface area contributed by atoms with E-state index in [1.165, 1.54) is 11.1 Å². The third-order valence-corrected chi connectivity index (χ3v) is 7.66. The van der Waals surface area contributed by atoms with Crippen molar-refractivity contribution < 1.29 is 22.3 Å². The first-order valence-corrected chi connectivity index (χ1v) is 12.1. The number of allylic oxidation sites excluding steroid dienone is 1. The van der Waals surface area contributed by atoms with E-state index in [1.807, 2.05) is 6.08 Å². The number of benzene rings is 2. The molecular formula is C28H32F4O. The van der Waals surface area contributed by atoms with E-state index in [2.05, 4.69) is 30.8 Å². The molecule has 0 radical (unpaired) electrons. The summed E-state index contributed by atoms with van der Waals surface area (Å²) in [6.45, 7) is 3.79. The van der Waals surface area contributed by atoms with Crippen molar-refractivity contribution >= 4 is 0 Å². The molecule has 2 aliphatic carbocycles. The Balaban J connectivity index is 1.26. The summed E-state index contributed by atoms with van der Waals surface area (Å²) in [6, 6.07) is 11.4. The predicted octanol–water partition coefficient (Wildman–Crippen LogP) is 8.45. The standard InChI is InChI=1S/C28H32F4O/c1-2-3-19-4-6-20(7-5-19)21-8-10-22(11-9-21)23-12-14-24(15-13-23)28(31,32)33-25-16-17-26(29)27(30)18-25/h2,4-7,16-18,21-24H,1,3,8-15H2. The Kier molecular flexibility index (Phi) is 7.45. The normalized spacial score (nSPS) is 26.1. The summed E-state index contributed by atoms with van der Waals surface area (Å²) < 4.78 is 60.5. The van der Waals surface area contributed by atoms with E-state index >= 15 is 0 Å². The first kappa shape index (κ1) is 23.8. The third kappa shape index (κ3) is 5.80. The van der Waals surface area contributed by atoms with Gasteiger partial charge in [-0.25, -0.2) is 8.78 Å². The second-order valence-corrected chi connectivity index (χ2v) is 9.70. The van der Waals surface area contributed by atoms with Gasteiger partial charge in [0.15, 0.2) is 11.6 Å². The second-order valence-electron chi connectivity index (χ2n) is 9.70. The van der Waals surface area contributed by atoms with Crippen LogP contribution in [0.2, 0.25) is 0 Å². The van der Waals surface area contributed by atoms with Crippen molar-refractivity contribution in [2.45, 2.75) is 69.8 Å². The molecule has 0 saturated heterocycles. The van der Waals surface area contributed by atoms with Crippen molar-refractivity contribution in [3.8, 4) is 5.75 Å². The molecule has 2 fully saturated rings. The first-order chi connectivity index (χ1) is 15.9. The summed E-state index contributed by atoms with van der Waals surface area (Å²) in [6.07, 6.45) is 6.36. The molecule has 2 aromatic rings. The number of ether oxygens (including phenoxy) is 1. The highest BCUT2D eigenvalue weighted by atomic mass is 19.3. The first-order valence-electron chi connectivity index (χ1n) is 12.1. The van der Waals surface area contributed by atoms with Crippen molar-refractivity contribution in [2.24, 2.45) is 17.8 Å². The van der Waals surface area contributed by atoms with Crippen LogP contribution in [0.1, 0.15) is 68.4 Å². The lowest BCUT2D eigenvalue weighted by molar-refractivity contribution is -0.224. The Morgan fingerprint density at radius 1 is 0.818 bits per heavy atom. The van der Waals surface area contributed by atoms with Crippen LogP contribution >= 0.6 is 0 Å². The van der Waals surface area contributed by atoms with Crippen LogP contribution in [-0.2, 0) is 6.42 Å². The SMILES string of the molecule is C=CCc1ccc(C2CCC(C3CCC(C(F)(F)Oc4ccc(F)c(F)c4)CC3)CC2)cc1. The van der Waals surface area contributed by atoms with E-state index in [9.17, 15) is 17.6 Å². The molecule has 0 aromatic heterocycles. The zero-order valence-electron chi connectivity index (χ0n) is 18.9. The highest BCUT2D eigenvalue weighted by molar-refractivity contribution is 5.27. The van der Waals surface area contributed by atoms with Gasteiger partial charge in [-0.3, -0.25) is 0 Å². The van der Waals surface area contributed by atoms with Crippen molar-refractivity contribution in [2.75, 3.05) is 0 Å². The minimum atomic E-state index is -3.38. The van der Waals surface area contributed by atoms with Crippen molar-refractivity contribution in [3.63, 3.8) is 0 Å². The summed E-state index contributed by atoms with van der Waals surface area (Å²) in [4.78, 5) is 0. The summed E-state index contributed by atoms with van der Waals surface area (Å²) in [5.74, 6) is -1.83. The smallest absolute Gasteiger partial charge is 0.400 e. The quantitative estimate of drug-likeness (QED) is 0.297. The van der Waals surface area contributed by atoms with Crippen LogP contribution in [0, 0.1) is 29.4 Å². The molecule has 2 aliphatic rings. The fourth-order valence-electron chi connectivity index (χ4n) is 5.72. The monoisotopic (exact) mass is 460 g/mol. The largest absolute Gasteiger partial charge is 0.432 e. The fraction of sp³-hybridized carbons (Fsp3) is 0.500. The molecule has 178 valence electrons. The summed E-state index contributed by atoms with van der Waals surface area (Å²) >= 11 is 0. The molecule has 0 atom stereocenters. The zero-order chi connectivity index (χ0) is 23.4. The van der Waals surface area contributed by atoms with E-state index in [4.69, 9.17) is 4.74 Å². The van der Waals surface area contributed by atoms with E-state index < -0.39 is 23.7 Å². The molecule has 0 heterocycles. The van der Waals surface area contributed by atoms with Gasteiger partial charge in [0, 0.05) is 6.07 Å². The number of hydrogen-bond acceptors (Lipinski definition) is 1. The van der Waals surface area contributed by atoms with Gasteiger partial charge in [-0.1, -0.05) is 30.3 Å². The lowest BCUT2D eigenvalue weighted by Gasteiger charge is -2.39. The Bertz CT molecular complexity index is 923. The molecule has 0 spiro atoms. The zero-order valence-corrected chi connectivity index (χ0v) is 18.9. The summed E-state index contributed by atoms with van der Waals surface area (Å²) in [5, 5.41) is 0. The van der Waals surface area contributed by atoms with Gasteiger partial charge in [-0.15, -0.1) is 6.58 Å². The number of alkyl halides is 2. The molecule has 33 heavy (non-hydrogen) atoms. The molecule has 4 rings (SSSR count). The van der Waals surface area contributed by atoms with Crippen molar-refractivity contribution in [1.82, 2.24) is 0 Å². The number of hydrogen-bond donors (Lipinski definition) is 0. The van der Waals surface area contributed by atoms with Gasteiger partial charge in [0.25, 0.3) is 0 Å². The highest BCUT2D eigenvalue weighted by Crippen LogP contribution is 2.46. The van der Waals surface area contributed by atoms with Crippen LogP contribution in [0.4, 0.5) is 17.6 Å². The van der Waals surface area contributed by atoms with E-state index in [-0.39, 0.29) is 5.75 Å². The molecule has 0 unspecified atom stereocenters. The highest BCUT2D eigenvalue weighted by Gasteiger charge is 2.45. The van der Waals surface area contributed by atoms with Crippen LogP contribution in [0.25, 0.3) is 0 Å². The molecule has 0 aliphatic heterocycles. The summed E-state index contributed by atoms with van der Waals surface area (Å²) in [7, 11) is 0. The second kappa shape index (κ2) is 10.3. The molecular weight excluding hydrogens is 428 g/mol. The van der Waals surface area contributed by atoms with E-state index in [0.717, 1.165) is 57.1 Å². The Hall–Kier alpha value is -2.30. The van der Waals surface area contributed by atoms with Crippen molar-refractivity contribution in [3.05, 3.63) is 77.9 Å². The lowest BCUT2D eigenvalue weighted by atomic mass is 9.68.